The van der Waals surface area contributed by atoms with E-state index in [-0.39, 0.29) is 5.91 Å². The summed E-state index contributed by atoms with van der Waals surface area (Å²) in [7, 11) is 1.77. The van der Waals surface area contributed by atoms with Gasteiger partial charge in [-0.05, 0) is 48.4 Å². The Balaban J connectivity index is 1.63. The zero-order valence-corrected chi connectivity index (χ0v) is 20.0. The molecule has 5 aromatic rings. The maximum atomic E-state index is 12.9. The number of aryl methyl sites for hydroxylation is 1. The minimum atomic E-state index is -0.0593. The highest BCUT2D eigenvalue weighted by Crippen LogP contribution is 2.31. The number of rotatable bonds is 6. The number of nitrogens with two attached hydrogens (primary N) is 1. The van der Waals surface area contributed by atoms with Crippen LogP contribution >= 0.6 is 0 Å². The monoisotopic (exact) mass is 460 g/mol. The summed E-state index contributed by atoms with van der Waals surface area (Å²) in [5, 5.41) is 0. The average molecular weight is 461 g/mol. The standard InChI is InChI=1S/C30H28N4O/c1-21-8-15-26(16-9-21)34-28-17-14-25(30(35)33(2)19-18-31)20-27(28)32-29(34)24-12-10-23(11-13-24)22-6-4-3-5-7-22/h3-17,20H,18-19,31H2,1-2H3. The van der Waals surface area contributed by atoms with Crippen molar-refractivity contribution in [2.24, 2.45) is 5.73 Å². The van der Waals surface area contributed by atoms with Crippen LogP contribution < -0.4 is 5.73 Å². The van der Waals surface area contributed by atoms with E-state index < -0.39 is 0 Å². The van der Waals surface area contributed by atoms with Gasteiger partial charge in [-0.15, -0.1) is 0 Å². The third-order valence-corrected chi connectivity index (χ3v) is 6.26. The number of likely N-dealkylation sites (N-methyl/N-ethyl adjacent to an activating group) is 1. The number of imidazole rings is 1. The molecule has 0 aliphatic heterocycles. The largest absolute Gasteiger partial charge is 0.340 e. The summed E-state index contributed by atoms with van der Waals surface area (Å²) in [6, 6.07) is 32.9. The normalized spacial score (nSPS) is 11.1. The van der Waals surface area contributed by atoms with Crippen molar-refractivity contribution in [2.75, 3.05) is 20.1 Å². The first kappa shape index (κ1) is 22.6. The number of hydrogen-bond donors (Lipinski definition) is 1. The second-order valence-corrected chi connectivity index (χ2v) is 8.77. The van der Waals surface area contributed by atoms with Gasteiger partial charge in [0, 0.05) is 37.0 Å². The number of amides is 1. The van der Waals surface area contributed by atoms with Crippen LogP contribution in [-0.2, 0) is 0 Å². The summed E-state index contributed by atoms with van der Waals surface area (Å²) < 4.78 is 2.16. The van der Waals surface area contributed by atoms with Crippen LogP contribution in [0, 0.1) is 6.92 Å². The van der Waals surface area contributed by atoms with Crippen molar-refractivity contribution in [1.82, 2.24) is 14.5 Å². The summed E-state index contributed by atoms with van der Waals surface area (Å²) in [6.45, 7) is 3.01. The Morgan fingerprint density at radius 2 is 1.51 bits per heavy atom. The van der Waals surface area contributed by atoms with Crippen molar-refractivity contribution in [3.8, 4) is 28.2 Å². The van der Waals surface area contributed by atoms with Gasteiger partial charge < -0.3 is 10.6 Å². The zero-order chi connectivity index (χ0) is 24.4. The Morgan fingerprint density at radius 1 is 0.857 bits per heavy atom. The molecule has 5 nitrogen and oxygen atoms in total. The Hall–Kier alpha value is -4.22. The molecule has 4 aromatic carbocycles. The molecular weight excluding hydrogens is 432 g/mol. The van der Waals surface area contributed by atoms with E-state index in [4.69, 9.17) is 10.7 Å². The van der Waals surface area contributed by atoms with Crippen LogP contribution in [0.5, 0.6) is 0 Å². The van der Waals surface area contributed by atoms with Crippen LogP contribution in [0.25, 0.3) is 39.2 Å². The molecule has 35 heavy (non-hydrogen) atoms. The number of aromatic nitrogens is 2. The summed E-state index contributed by atoms with van der Waals surface area (Å²) in [5.41, 5.74) is 13.5. The number of nitrogens with zero attached hydrogens (tertiary/aromatic N) is 3. The predicted molar refractivity (Wildman–Crippen MR) is 143 cm³/mol. The van der Waals surface area contributed by atoms with E-state index in [0.717, 1.165) is 33.7 Å². The van der Waals surface area contributed by atoms with E-state index in [2.05, 4.69) is 72.2 Å². The Morgan fingerprint density at radius 3 is 2.20 bits per heavy atom. The molecular formula is C30H28N4O. The molecule has 0 fully saturated rings. The minimum Gasteiger partial charge on any atom is -0.340 e. The summed E-state index contributed by atoms with van der Waals surface area (Å²) >= 11 is 0. The molecule has 0 spiro atoms. The fourth-order valence-electron chi connectivity index (χ4n) is 4.32. The van der Waals surface area contributed by atoms with Crippen molar-refractivity contribution in [3.05, 3.63) is 108 Å². The van der Waals surface area contributed by atoms with Crippen LogP contribution in [0.15, 0.2) is 97.1 Å². The molecule has 0 unspecified atom stereocenters. The van der Waals surface area contributed by atoms with E-state index in [0.29, 0.717) is 18.7 Å². The van der Waals surface area contributed by atoms with Crippen LogP contribution in [0.1, 0.15) is 15.9 Å². The number of carbonyl (C=O) groups is 1. The molecule has 0 saturated heterocycles. The third-order valence-electron chi connectivity index (χ3n) is 6.26. The summed E-state index contributed by atoms with van der Waals surface area (Å²) in [5.74, 6) is 0.777. The lowest BCUT2D eigenvalue weighted by atomic mass is 10.0. The van der Waals surface area contributed by atoms with Crippen molar-refractivity contribution >= 4 is 16.9 Å². The second kappa shape index (κ2) is 9.57. The highest BCUT2D eigenvalue weighted by molar-refractivity contribution is 5.98. The fourth-order valence-corrected chi connectivity index (χ4v) is 4.32. The van der Waals surface area contributed by atoms with E-state index >= 15 is 0 Å². The molecule has 0 aliphatic carbocycles. The van der Waals surface area contributed by atoms with E-state index in [1.54, 1.807) is 11.9 Å². The van der Waals surface area contributed by atoms with Gasteiger partial charge in [-0.1, -0.05) is 72.3 Å². The molecule has 0 atom stereocenters. The molecule has 174 valence electrons. The first-order valence-electron chi connectivity index (χ1n) is 11.8. The maximum Gasteiger partial charge on any atom is 0.253 e. The highest BCUT2D eigenvalue weighted by Gasteiger charge is 2.18. The molecule has 5 heteroatoms. The summed E-state index contributed by atoms with van der Waals surface area (Å²) in [6.07, 6.45) is 0. The first-order valence-corrected chi connectivity index (χ1v) is 11.8. The smallest absolute Gasteiger partial charge is 0.253 e. The van der Waals surface area contributed by atoms with Gasteiger partial charge in [0.25, 0.3) is 5.91 Å². The van der Waals surface area contributed by atoms with Gasteiger partial charge in [-0.25, -0.2) is 4.98 Å². The lowest BCUT2D eigenvalue weighted by molar-refractivity contribution is 0.0799. The fraction of sp³-hybridized carbons (Fsp3) is 0.133. The van der Waals surface area contributed by atoms with Crippen molar-refractivity contribution in [2.45, 2.75) is 6.92 Å². The third kappa shape index (κ3) is 4.46. The molecule has 0 aliphatic rings. The Bertz CT molecular complexity index is 1470. The number of benzene rings is 4. The Kier molecular flexibility index (Phi) is 6.17. The van der Waals surface area contributed by atoms with Gasteiger partial charge in [0.15, 0.2) is 0 Å². The van der Waals surface area contributed by atoms with Crippen molar-refractivity contribution < 1.29 is 4.79 Å². The molecule has 1 aromatic heterocycles. The van der Waals surface area contributed by atoms with Crippen LogP contribution in [-0.4, -0.2) is 40.5 Å². The molecule has 0 saturated carbocycles. The molecule has 0 bridgehead atoms. The highest BCUT2D eigenvalue weighted by atomic mass is 16.2. The second-order valence-electron chi connectivity index (χ2n) is 8.77. The Labute approximate surface area is 205 Å². The molecule has 1 amide bonds. The van der Waals surface area contributed by atoms with Crippen LogP contribution in [0.3, 0.4) is 0 Å². The van der Waals surface area contributed by atoms with E-state index in [1.807, 2.05) is 36.4 Å². The lowest BCUT2D eigenvalue weighted by Crippen LogP contribution is -2.31. The lowest BCUT2D eigenvalue weighted by Gasteiger charge is -2.16. The van der Waals surface area contributed by atoms with Crippen molar-refractivity contribution in [1.29, 1.82) is 0 Å². The quantitative estimate of drug-likeness (QED) is 0.354. The average Bonchev–Trinajstić information content (AvgIpc) is 3.28. The topological polar surface area (TPSA) is 64.2 Å². The zero-order valence-electron chi connectivity index (χ0n) is 20.0. The number of hydrogen-bond acceptors (Lipinski definition) is 3. The predicted octanol–water partition coefficient (Wildman–Crippen LogP) is 5.70. The van der Waals surface area contributed by atoms with Gasteiger partial charge in [0.1, 0.15) is 5.82 Å². The minimum absolute atomic E-state index is 0.0593. The van der Waals surface area contributed by atoms with Crippen molar-refractivity contribution in [3.63, 3.8) is 0 Å². The van der Waals surface area contributed by atoms with Gasteiger partial charge >= 0.3 is 0 Å². The van der Waals surface area contributed by atoms with Gasteiger partial charge in [0.2, 0.25) is 0 Å². The maximum absolute atomic E-state index is 12.9. The molecule has 2 N–H and O–H groups in total. The SMILES string of the molecule is Cc1ccc(-n2c(-c3ccc(-c4ccccc4)cc3)nc3cc(C(=O)N(C)CCN)ccc32)cc1. The summed E-state index contributed by atoms with van der Waals surface area (Å²) in [4.78, 5) is 19.5. The molecule has 0 radical (unpaired) electrons. The van der Waals surface area contributed by atoms with E-state index in [1.165, 1.54) is 11.1 Å². The number of carbonyl (C=O) groups excluding carboxylic acids is 1. The van der Waals surface area contributed by atoms with Gasteiger partial charge in [-0.3, -0.25) is 9.36 Å². The van der Waals surface area contributed by atoms with Crippen LogP contribution in [0.4, 0.5) is 0 Å². The van der Waals surface area contributed by atoms with E-state index in [9.17, 15) is 4.79 Å². The van der Waals surface area contributed by atoms with Gasteiger partial charge in [0.05, 0.1) is 11.0 Å². The molecule has 1 heterocycles. The van der Waals surface area contributed by atoms with Crippen LogP contribution in [0.2, 0.25) is 0 Å². The number of fused-ring (bicyclic) bond motifs is 1. The molecule has 5 rings (SSSR count). The van der Waals surface area contributed by atoms with Gasteiger partial charge in [-0.2, -0.15) is 0 Å². The first-order chi connectivity index (χ1) is 17.0.